The van der Waals surface area contributed by atoms with Crippen molar-refractivity contribution in [3.05, 3.63) is 29.8 Å². The number of carbonyl (C=O) groups is 2. The molecule has 0 fully saturated rings. The number of para-hydroxylation sites is 1. The van der Waals surface area contributed by atoms with Crippen molar-refractivity contribution >= 4 is 17.7 Å². The van der Waals surface area contributed by atoms with E-state index in [9.17, 15) is 22.8 Å². The van der Waals surface area contributed by atoms with Crippen LogP contribution in [0.15, 0.2) is 24.3 Å². The number of hydrogen-bond donors (Lipinski definition) is 0. The van der Waals surface area contributed by atoms with Gasteiger partial charge in [-0.2, -0.15) is 13.2 Å². The van der Waals surface area contributed by atoms with Gasteiger partial charge in [-0.15, -0.1) is 0 Å². The molecule has 0 aliphatic carbocycles. The van der Waals surface area contributed by atoms with Gasteiger partial charge in [-0.3, -0.25) is 9.69 Å². The fourth-order valence-corrected chi connectivity index (χ4v) is 2.63. The van der Waals surface area contributed by atoms with Crippen LogP contribution >= 0.6 is 0 Å². The summed E-state index contributed by atoms with van der Waals surface area (Å²) < 4.78 is 49.2. The number of amides is 1. The molecule has 1 aromatic rings. The van der Waals surface area contributed by atoms with Gasteiger partial charge in [0.05, 0.1) is 19.4 Å². The molecular formula is C16H18F3NO4. The third-order valence-electron chi connectivity index (χ3n) is 3.80. The minimum atomic E-state index is -4.54. The molecule has 1 aliphatic heterocycles. The van der Waals surface area contributed by atoms with Gasteiger partial charge in [0.25, 0.3) is 0 Å². The maximum absolute atomic E-state index is 13.3. The molecule has 1 aromatic carbocycles. The number of benzene rings is 1. The van der Waals surface area contributed by atoms with Gasteiger partial charge in [0.15, 0.2) is 0 Å². The Morgan fingerprint density at radius 3 is 2.67 bits per heavy atom. The van der Waals surface area contributed by atoms with Crippen molar-refractivity contribution in [2.45, 2.75) is 37.9 Å². The molecule has 8 heteroatoms. The Morgan fingerprint density at radius 1 is 1.29 bits per heavy atom. The van der Waals surface area contributed by atoms with Crippen LogP contribution in [0, 0.1) is 0 Å². The number of anilines is 1. The Balaban J connectivity index is 2.10. The summed E-state index contributed by atoms with van der Waals surface area (Å²) in [5, 5.41) is 0. The molecule has 1 amide bonds. The summed E-state index contributed by atoms with van der Waals surface area (Å²) >= 11 is 0. The quantitative estimate of drug-likeness (QED) is 0.619. The highest BCUT2D eigenvalue weighted by molar-refractivity contribution is 5.90. The second-order valence-corrected chi connectivity index (χ2v) is 5.39. The van der Waals surface area contributed by atoms with Crippen LogP contribution < -0.4 is 4.90 Å². The Kier molecular flexibility index (Phi) is 5.69. The Hall–Kier alpha value is -2.25. The van der Waals surface area contributed by atoms with E-state index < -0.39 is 24.3 Å². The zero-order valence-electron chi connectivity index (χ0n) is 13.1. The van der Waals surface area contributed by atoms with Gasteiger partial charge in [-0.1, -0.05) is 18.2 Å². The number of ether oxygens (including phenoxy) is 2. The second kappa shape index (κ2) is 7.55. The predicted octanol–water partition coefficient (Wildman–Crippen LogP) is 3.46. The van der Waals surface area contributed by atoms with Crippen LogP contribution in [0.1, 0.15) is 24.8 Å². The number of halogens is 3. The van der Waals surface area contributed by atoms with E-state index in [-0.39, 0.29) is 38.0 Å². The summed E-state index contributed by atoms with van der Waals surface area (Å²) in [5.41, 5.74) is 0.883. The highest BCUT2D eigenvalue weighted by Gasteiger charge is 2.48. The summed E-state index contributed by atoms with van der Waals surface area (Å²) in [4.78, 5) is 23.9. The first kappa shape index (κ1) is 18.1. The van der Waals surface area contributed by atoms with Crippen molar-refractivity contribution < 1.29 is 32.2 Å². The molecule has 0 N–H and O–H groups in total. The van der Waals surface area contributed by atoms with Crippen molar-refractivity contribution in [3.8, 4) is 0 Å². The Morgan fingerprint density at radius 2 is 2.00 bits per heavy atom. The van der Waals surface area contributed by atoms with E-state index in [1.807, 2.05) is 0 Å². The lowest BCUT2D eigenvalue weighted by atomic mass is 9.96. The number of alkyl halides is 3. The monoisotopic (exact) mass is 345 g/mol. The van der Waals surface area contributed by atoms with Crippen LogP contribution in [0.2, 0.25) is 0 Å². The van der Waals surface area contributed by atoms with Crippen LogP contribution in [-0.4, -0.2) is 38.0 Å². The van der Waals surface area contributed by atoms with Crippen molar-refractivity contribution in [2.75, 3.05) is 18.6 Å². The van der Waals surface area contributed by atoms with Crippen LogP contribution in [0.5, 0.6) is 0 Å². The van der Waals surface area contributed by atoms with Crippen molar-refractivity contribution in [1.29, 1.82) is 0 Å². The number of hydrogen-bond acceptors (Lipinski definition) is 4. The molecule has 0 bridgehead atoms. The van der Waals surface area contributed by atoms with E-state index >= 15 is 0 Å². The summed E-state index contributed by atoms with van der Waals surface area (Å²) in [6.07, 6.45) is -5.36. The molecule has 132 valence electrons. The molecule has 0 spiro atoms. The van der Waals surface area contributed by atoms with Gasteiger partial charge in [0.1, 0.15) is 6.04 Å². The van der Waals surface area contributed by atoms with Gasteiger partial charge in [0, 0.05) is 6.42 Å². The molecule has 1 aliphatic rings. The number of esters is 1. The van der Waals surface area contributed by atoms with E-state index in [0.717, 1.165) is 0 Å². The number of fused-ring (bicyclic) bond motifs is 1. The van der Waals surface area contributed by atoms with Gasteiger partial charge in [-0.05, 0) is 30.9 Å². The summed E-state index contributed by atoms with van der Waals surface area (Å²) in [7, 11) is 1.23. The first-order chi connectivity index (χ1) is 11.3. The number of methoxy groups -OCH3 is 1. The lowest BCUT2D eigenvalue weighted by Crippen LogP contribution is -2.51. The van der Waals surface area contributed by atoms with Gasteiger partial charge in [-0.25, -0.2) is 4.79 Å². The minimum absolute atomic E-state index is 0.0308. The standard InChI is InChI=1S/C16H18F3NO4/c1-23-14(21)7-4-10-24-15(22)20-12-6-3-2-5-11(12)8-9-13(20)16(17,18)19/h2-3,5-6,13H,4,7-10H2,1H3. The molecular weight excluding hydrogens is 327 g/mol. The fourth-order valence-electron chi connectivity index (χ4n) is 2.63. The largest absolute Gasteiger partial charge is 0.469 e. The number of aryl methyl sites for hydroxylation is 1. The van der Waals surface area contributed by atoms with E-state index in [1.165, 1.54) is 13.2 Å². The molecule has 0 aromatic heterocycles. The van der Waals surface area contributed by atoms with Crippen LogP contribution in [0.25, 0.3) is 0 Å². The van der Waals surface area contributed by atoms with Crippen molar-refractivity contribution in [1.82, 2.24) is 0 Å². The third kappa shape index (κ3) is 4.18. The normalized spacial score (nSPS) is 17.2. The highest BCUT2D eigenvalue weighted by atomic mass is 19.4. The van der Waals surface area contributed by atoms with Crippen LogP contribution in [0.4, 0.5) is 23.7 Å². The summed E-state index contributed by atoms with van der Waals surface area (Å²) in [6, 6.07) is 4.55. The maximum atomic E-state index is 13.3. The van der Waals surface area contributed by atoms with E-state index in [4.69, 9.17) is 4.74 Å². The molecule has 2 rings (SSSR count). The topological polar surface area (TPSA) is 55.8 Å². The summed E-state index contributed by atoms with van der Waals surface area (Å²) in [6.45, 7) is -0.156. The molecule has 1 heterocycles. The molecule has 1 atom stereocenters. The average Bonchev–Trinajstić information content (AvgIpc) is 2.56. The molecule has 5 nitrogen and oxygen atoms in total. The first-order valence-corrected chi connectivity index (χ1v) is 7.52. The number of nitrogens with zero attached hydrogens (tertiary/aromatic N) is 1. The van der Waals surface area contributed by atoms with Crippen molar-refractivity contribution in [3.63, 3.8) is 0 Å². The van der Waals surface area contributed by atoms with Crippen molar-refractivity contribution in [2.24, 2.45) is 0 Å². The van der Waals surface area contributed by atoms with Gasteiger partial charge >= 0.3 is 18.2 Å². The van der Waals surface area contributed by atoms with Crippen LogP contribution in [0.3, 0.4) is 0 Å². The maximum Gasteiger partial charge on any atom is 0.414 e. The lowest BCUT2D eigenvalue weighted by molar-refractivity contribution is -0.150. The Bertz CT molecular complexity index is 603. The number of rotatable bonds is 4. The minimum Gasteiger partial charge on any atom is -0.469 e. The van der Waals surface area contributed by atoms with Crippen LogP contribution in [-0.2, 0) is 20.7 Å². The molecule has 1 unspecified atom stereocenters. The molecule has 24 heavy (non-hydrogen) atoms. The highest BCUT2D eigenvalue weighted by Crippen LogP contribution is 2.38. The summed E-state index contributed by atoms with van der Waals surface area (Å²) in [5.74, 6) is -0.470. The second-order valence-electron chi connectivity index (χ2n) is 5.39. The molecule has 0 radical (unpaired) electrons. The zero-order valence-corrected chi connectivity index (χ0v) is 13.1. The van der Waals surface area contributed by atoms with Gasteiger partial charge in [0.2, 0.25) is 0 Å². The lowest BCUT2D eigenvalue weighted by Gasteiger charge is -2.37. The molecule has 0 saturated carbocycles. The fraction of sp³-hybridized carbons (Fsp3) is 0.500. The van der Waals surface area contributed by atoms with Gasteiger partial charge < -0.3 is 9.47 Å². The smallest absolute Gasteiger partial charge is 0.414 e. The molecule has 0 saturated heterocycles. The Labute approximate surface area is 137 Å². The first-order valence-electron chi connectivity index (χ1n) is 7.52. The van der Waals surface area contributed by atoms with E-state index in [0.29, 0.717) is 10.5 Å². The SMILES string of the molecule is COC(=O)CCCOC(=O)N1c2ccccc2CCC1C(F)(F)F. The average molecular weight is 345 g/mol. The zero-order chi connectivity index (χ0) is 17.7. The van der Waals surface area contributed by atoms with E-state index in [1.54, 1.807) is 18.2 Å². The predicted molar refractivity (Wildman–Crippen MR) is 79.7 cm³/mol. The van der Waals surface area contributed by atoms with E-state index in [2.05, 4.69) is 4.74 Å². The third-order valence-corrected chi connectivity index (χ3v) is 3.80. The number of carbonyl (C=O) groups excluding carboxylic acids is 2.